The monoisotopic (exact) mass is 187 g/mol. The van der Waals surface area contributed by atoms with Gasteiger partial charge in [-0.3, -0.25) is 0 Å². The van der Waals surface area contributed by atoms with Gasteiger partial charge in [0.1, 0.15) is 0 Å². The van der Waals surface area contributed by atoms with Crippen molar-refractivity contribution >= 4 is 29.9 Å². The Kier molecular flexibility index (Phi) is 3.09. The molecule has 1 aromatic carbocycles. The van der Waals surface area contributed by atoms with Crippen LogP contribution in [0.4, 0.5) is 5.69 Å². The Bertz CT molecular complexity index is 239. The van der Waals surface area contributed by atoms with Crippen LogP contribution in [0.25, 0.3) is 0 Å². The van der Waals surface area contributed by atoms with Crippen molar-refractivity contribution in [3.05, 3.63) is 29.3 Å². The predicted octanol–water partition coefficient (Wildman–Crippen LogP) is 2.66. The van der Waals surface area contributed by atoms with E-state index in [2.05, 4.69) is 12.6 Å². The molecule has 1 nitrogen and oxygen atoms in total. The van der Waals surface area contributed by atoms with Gasteiger partial charge in [-0.05, 0) is 18.2 Å². The summed E-state index contributed by atoms with van der Waals surface area (Å²) in [5, 5.41) is 0.760. The van der Waals surface area contributed by atoms with Crippen LogP contribution < -0.4 is 4.90 Å². The van der Waals surface area contributed by atoms with Crippen LogP contribution in [0.1, 0.15) is 0 Å². The van der Waals surface area contributed by atoms with Gasteiger partial charge in [0.25, 0.3) is 0 Å². The zero-order valence-electron chi connectivity index (χ0n) is 6.29. The Balaban J connectivity index is 2.86. The molecule has 0 aliphatic heterocycles. The van der Waals surface area contributed by atoms with Crippen LogP contribution in [0.3, 0.4) is 0 Å². The van der Waals surface area contributed by atoms with Gasteiger partial charge >= 0.3 is 0 Å². The van der Waals surface area contributed by atoms with Crippen LogP contribution in [0.15, 0.2) is 24.3 Å². The molecule has 0 N–H and O–H groups in total. The highest BCUT2D eigenvalue weighted by molar-refractivity contribution is 7.80. The van der Waals surface area contributed by atoms with Crippen LogP contribution >= 0.6 is 24.2 Å². The first-order valence-electron chi connectivity index (χ1n) is 3.31. The lowest BCUT2D eigenvalue weighted by atomic mass is 10.3. The maximum absolute atomic E-state index is 5.79. The summed E-state index contributed by atoms with van der Waals surface area (Å²) >= 11 is 9.94. The Morgan fingerprint density at radius 3 is 2.82 bits per heavy atom. The first-order chi connectivity index (χ1) is 5.24. The van der Waals surface area contributed by atoms with E-state index in [0.29, 0.717) is 5.88 Å². The van der Waals surface area contributed by atoms with E-state index in [-0.39, 0.29) is 0 Å². The van der Waals surface area contributed by atoms with Crippen molar-refractivity contribution in [1.29, 1.82) is 0 Å². The minimum Gasteiger partial charge on any atom is -0.366 e. The highest BCUT2D eigenvalue weighted by Crippen LogP contribution is 2.17. The maximum atomic E-state index is 5.79. The quantitative estimate of drug-likeness (QED) is 0.551. The lowest BCUT2D eigenvalue weighted by Crippen LogP contribution is -2.13. The van der Waals surface area contributed by atoms with Crippen molar-refractivity contribution in [1.82, 2.24) is 0 Å². The summed E-state index contributed by atoms with van der Waals surface area (Å²) in [6.07, 6.45) is 0. The lowest BCUT2D eigenvalue weighted by Gasteiger charge is -2.15. The molecule has 0 amide bonds. The average Bonchev–Trinajstić information content (AvgIpc) is 2.03. The topological polar surface area (TPSA) is 3.24 Å². The van der Waals surface area contributed by atoms with E-state index < -0.39 is 0 Å². The molecule has 0 spiro atoms. The predicted molar refractivity (Wildman–Crippen MR) is 53.7 cm³/mol. The van der Waals surface area contributed by atoms with Gasteiger partial charge in [0, 0.05) is 17.8 Å². The van der Waals surface area contributed by atoms with E-state index >= 15 is 0 Å². The molecule has 1 aromatic rings. The van der Waals surface area contributed by atoms with E-state index in [1.165, 1.54) is 0 Å². The third-order valence-electron chi connectivity index (χ3n) is 1.46. The molecular weight excluding hydrogens is 178 g/mol. The second kappa shape index (κ2) is 3.88. The van der Waals surface area contributed by atoms with Crippen LogP contribution in [0.2, 0.25) is 5.02 Å². The van der Waals surface area contributed by atoms with Crippen molar-refractivity contribution in [2.45, 2.75) is 0 Å². The summed E-state index contributed by atoms with van der Waals surface area (Å²) < 4.78 is 0. The van der Waals surface area contributed by atoms with Gasteiger partial charge in [-0.25, -0.2) is 0 Å². The Morgan fingerprint density at radius 1 is 1.55 bits per heavy atom. The highest BCUT2D eigenvalue weighted by Gasteiger charge is 1.96. The second-order valence-corrected chi connectivity index (χ2v) is 3.04. The molecule has 0 unspecified atom stereocenters. The van der Waals surface area contributed by atoms with Gasteiger partial charge in [-0.1, -0.05) is 17.7 Å². The van der Waals surface area contributed by atoms with Crippen LogP contribution in [-0.4, -0.2) is 12.9 Å². The molecule has 0 saturated carbocycles. The highest BCUT2D eigenvalue weighted by atomic mass is 35.5. The Labute approximate surface area is 77.4 Å². The summed E-state index contributed by atoms with van der Waals surface area (Å²) in [5.41, 5.74) is 1.09. The van der Waals surface area contributed by atoms with E-state index in [4.69, 9.17) is 11.6 Å². The van der Waals surface area contributed by atoms with Gasteiger partial charge in [0.15, 0.2) is 0 Å². The SMILES string of the molecule is CN(CS)c1cccc(Cl)c1. The third-order valence-corrected chi connectivity index (χ3v) is 2.12. The van der Waals surface area contributed by atoms with Crippen LogP contribution in [0, 0.1) is 0 Å². The molecule has 0 fully saturated rings. The molecule has 0 aliphatic carbocycles. The van der Waals surface area contributed by atoms with Crippen LogP contribution in [-0.2, 0) is 0 Å². The minimum atomic E-state index is 0.695. The molecule has 0 aromatic heterocycles. The number of hydrogen-bond donors (Lipinski definition) is 1. The zero-order valence-corrected chi connectivity index (χ0v) is 7.94. The van der Waals surface area contributed by atoms with Gasteiger partial charge in [0.2, 0.25) is 0 Å². The number of thiol groups is 1. The average molecular weight is 188 g/mol. The summed E-state index contributed by atoms with van der Waals surface area (Å²) in [6, 6.07) is 7.70. The number of rotatable bonds is 2. The minimum absolute atomic E-state index is 0.695. The van der Waals surface area contributed by atoms with Crippen molar-refractivity contribution in [2.24, 2.45) is 0 Å². The van der Waals surface area contributed by atoms with E-state index in [0.717, 1.165) is 10.7 Å². The fourth-order valence-corrected chi connectivity index (χ4v) is 1.14. The normalized spacial score (nSPS) is 9.73. The van der Waals surface area contributed by atoms with Gasteiger partial charge < -0.3 is 4.90 Å². The number of anilines is 1. The molecule has 60 valence electrons. The van der Waals surface area contributed by atoms with E-state index in [9.17, 15) is 0 Å². The first-order valence-corrected chi connectivity index (χ1v) is 4.32. The lowest BCUT2D eigenvalue weighted by molar-refractivity contribution is 1.10. The number of benzene rings is 1. The van der Waals surface area contributed by atoms with Crippen molar-refractivity contribution in [3.8, 4) is 0 Å². The number of hydrogen-bond acceptors (Lipinski definition) is 2. The maximum Gasteiger partial charge on any atom is 0.0606 e. The summed E-state index contributed by atoms with van der Waals surface area (Å²) in [4.78, 5) is 2.01. The summed E-state index contributed by atoms with van der Waals surface area (Å²) in [5.74, 6) is 0.695. The Morgan fingerprint density at radius 2 is 2.27 bits per heavy atom. The molecular formula is C8H10ClNS. The van der Waals surface area contributed by atoms with Gasteiger partial charge in [-0.15, -0.1) is 0 Å². The fourth-order valence-electron chi connectivity index (χ4n) is 0.795. The van der Waals surface area contributed by atoms with Crippen molar-refractivity contribution in [3.63, 3.8) is 0 Å². The number of nitrogens with zero attached hydrogens (tertiary/aromatic N) is 1. The Hall–Kier alpha value is -0.340. The van der Waals surface area contributed by atoms with Gasteiger partial charge in [-0.2, -0.15) is 12.6 Å². The number of halogens is 1. The van der Waals surface area contributed by atoms with Gasteiger partial charge in [0.05, 0.1) is 5.88 Å². The second-order valence-electron chi connectivity index (χ2n) is 2.32. The largest absolute Gasteiger partial charge is 0.366 e. The molecule has 1 rings (SSSR count). The molecule has 0 saturated heterocycles. The first kappa shape index (κ1) is 8.75. The molecule has 0 heterocycles. The van der Waals surface area contributed by atoms with E-state index in [1.54, 1.807) is 0 Å². The van der Waals surface area contributed by atoms with E-state index in [1.807, 2.05) is 36.2 Å². The molecule has 3 heteroatoms. The van der Waals surface area contributed by atoms with Crippen LogP contribution in [0.5, 0.6) is 0 Å². The van der Waals surface area contributed by atoms with Crippen molar-refractivity contribution in [2.75, 3.05) is 17.8 Å². The standard InChI is InChI=1S/C8H10ClNS/c1-10(6-11)8-4-2-3-7(9)5-8/h2-5,11H,6H2,1H3. The molecule has 0 aliphatic rings. The zero-order chi connectivity index (χ0) is 8.27. The molecule has 0 radical (unpaired) electrons. The smallest absolute Gasteiger partial charge is 0.0606 e. The molecule has 0 bridgehead atoms. The third kappa shape index (κ3) is 2.31. The fraction of sp³-hybridized carbons (Fsp3) is 0.250. The summed E-state index contributed by atoms with van der Waals surface area (Å²) in [7, 11) is 1.97. The molecule has 0 atom stereocenters. The summed E-state index contributed by atoms with van der Waals surface area (Å²) in [6.45, 7) is 0. The molecule has 11 heavy (non-hydrogen) atoms. The van der Waals surface area contributed by atoms with Crippen molar-refractivity contribution < 1.29 is 0 Å².